The number of thiazole rings is 1. The molecule has 0 aliphatic heterocycles. The van der Waals surface area contributed by atoms with Crippen LogP contribution in [-0.2, 0) is 13.0 Å². The van der Waals surface area contributed by atoms with Gasteiger partial charge in [0.25, 0.3) is 0 Å². The van der Waals surface area contributed by atoms with E-state index < -0.39 is 0 Å². The lowest BCUT2D eigenvalue weighted by Gasteiger charge is -2.02. The van der Waals surface area contributed by atoms with E-state index in [1.165, 1.54) is 22.0 Å². The van der Waals surface area contributed by atoms with Gasteiger partial charge in [-0.3, -0.25) is 0 Å². The van der Waals surface area contributed by atoms with Gasteiger partial charge in [0.05, 0.1) is 10.7 Å². The van der Waals surface area contributed by atoms with Crippen LogP contribution >= 0.6 is 11.3 Å². The molecule has 1 fully saturated rings. The Morgan fingerprint density at radius 2 is 2.20 bits per heavy atom. The third-order valence-electron chi connectivity index (χ3n) is 3.01. The molecule has 1 aliphatic carbocycles. The average Bonchev–Trinajstić information content (AvgIpc) is 2.76. The molecule has 0 spiro atoms. The van der Waals surface area contributed by atoms with Crippen LogP contribution < -0.4 is 5.73 Å². The maximum absolute atomic E-state index is 5.77. The zero-order valence-electron chi connectivity index (χ0n) is 9.79. The van der Waals surface area contributed by atoms with Gasteiger partial charge in [-0.15, -0.1) is 11.3 Å². The van der Waals surface area contributed by atoms with E-state index in [-0.39, 0.29) is 0 Å². The molecule has 84 valence electrons. The Morgan fingerprint density at radius 3 is 2.67 bits per heavy atom. The van der Waals surface area contributed by atoms with Crippen LogP contribution in [0.5, 0.6) is 0 Å². The SMILES string of the molecule is CC(C)Cc1nc(C2CC2C)sc1CN. The number of nitrogens with two attached hydrogens (primary N) is 1. The lowest BCUT2D eigenvalue weighted by Crippen LogP contribution is -2.02. The van der Waals surface area contributed by atoms with Gasteiger partial charge in [-0.25, -0.2) is 4.98 Å². The largest absolute Gasteiger partial charge is 0.326 e. The predicted octanol–water partition coefficient (Wildman–Crippen LogP) is 2.92. The van der Waals surface area contributed by atoms with E-state index in [1.807, 2.05) is 11.3 Å². The van der Waals surface area contributed by atoms with Crippen molar-refractivity contribution in [1.29, 1.82) is 0 Å². The first-order valence-corrected chi connectivity index (χ1v) is 6.62. The molecule has 1 aliphatic rings. The fraction of sp³-hybridized carbons (Fsp3) is 0.750. The molecule has 0 aromatic carbocycles. The summed E-state index contributed by atoms with van der Waals surface area (Å²) in [6.45, 7) is 7.43. The maximum Gasteiger partial charge on any atom is 0.0965 e. The van der Waals surface area contributed by atoms with Crippen molar-refractivity contribution in [1.82, 2.24) is 4.98 Å². The molecule has 1 saturated carbocycles. The Morgan fingerprint density at radius 1 is 1.53 bits per heavy atom. The number of aromatic nitrogens is 1. The zero-order valence-corrected chi connectivity index (χ0v) is 10.6. The van der Waals surface area contributed by atoms with Gasteiger partial charge in [0.15, 0.2) is 0 Å². The summed E-state index contributed by atoms with van der Waals surface area (Å²) in [5, 5.41) is 1.33. The van der Waals surface area contributed by atoms with Crippen LogP contribution in [0.1, 0.15) is 48.7 Å². The molecule has 2 rings (SSSR count). The zero-order chi connectivity index (χ0) is 11.0. The summed E-state index contributed by atoms with van der Waals surface area (Å²) in [6, 6.07) is 0. The van der Waals surface area contributed by atoms with E-state index >= 15 is 0 Å². The summed E-state index contributed by atoms with van der Waals surface area (Å²) in [4.78, 5) is 6.08. The Labute approximate surface area is 95.9 Å². The highest BCUT2D eigenvalue weighted by Crippen LogP contribution is 2.48. The van der Waals surface area contributed by atoms with Gasteiger partial charge >= 0.3 is 0 Å². The first kappa shape index (κ1) is 11.1. The van der Waals surface area contributed by atoms with Crippen molar-refractivity contribution in [3.8, 4) is 0 Å². The van der Waals surface area contributed by atoms with E-state index in [0.29, 0.717) is 12.5 Å². The van der Waals surface area contributed by atoms with Crippen LogP contribution in [-0.4, -0.2) is 4.98 Å². The van der Waals surface area contributed by atoms with Crippen LogP contribution in [0.25, 0.3) is 0 Å². The molecular formula is C12H20N2S. The first-order valence-electron chi connectivity index (χ1n) is 5.80. The van der Waals surface area contributed by atoms with Gasteiger partial charge in [-0.2, -0.15) is 0 Å². The molecule has 1 aromatic rings. The fourth-order valence-corrected chi connectivity index (χ4v) is 3.15. The number of hydrogen-bond acceptors (Lipinski definition) is 3. The molecule has 0 radical (unpaired) electrons. The lowest BCUT2D eigenvalue weighted by molar-refractivity contribution is 0.632. The normalized spacial score (nSPS) is 24.9. The maximum atomic E-state index is 5.77. The monoisotopic (exact) mass is 224 g/mol. The van der Waals surface area contributed by atoms with Crippen LogP contribution in [0, 0.1) is 11.8 Å². The van der Waals surface area contributed by atoms with Gasteiger partial charge < -0.3 is 5.73 Å². The minimum absolute atomic E-state index is 0.654. The second-order valence-electron chi connectivity index (χ2n) is 5.04. The van der Waals surface area contributed by atoms with Crippen molar-refractivity contribution < 1.29 is 0 Å². The van der Waals surface area contributed by atoms with E-state index in [9.17, 15) is 0 Å². The Balaban J connectivity index is 2.17. The molecule has 0 amide bonds. The van der Waals surface area contributed by atoms with Gasteiger partial charge in [-0.05, 0) is 24.7 Å². The fourth-order valence-electron chi connectivity index (χ4n) is 1.93. The first-order chi connectivity index (χ1) is 7.11. The highest BCUT2D eigenvalue weighted by atomic mass is 32.1. The van der Waals surface area contributed by atoms with Gasteiger partial charge in [0, 0.05) is 17.3 Å². The molecule has 0 bridgehead atoms. The molecule has 2 atom stereocenters. The number of hydrogen-bond donors (Lipinski definition) is 1. The quantitative estimate of drug-likeness (QED) is 0.854. The standard InChI is InChI=1S/C12H20N2S/c1-7(2)4-10-11(6-13)15-12(14-10)9-5-8(9)3/h7-9H,4-6,13H2,1-3H3. The predicted molar refractivity (Wildman–Crippen MR) is 65.1 cm³/mol. The molecular weight excluding hydrogens is 204 g/mol. The topological polar surface area (TPSA) is 38.9 Å². The van der Waals surface area contributed by atoms with Gasteiger partial charge in [-0.1, -0.05) is 20.8 Å². The summed E-state index contributed by atoms with van der Waals surface area (Å²) in [7, 11) is 0. The molecule has 1 heterocycles. The summed E-state index contributed by atoms with van der Waals surface area (Å²) in [6.07, 6.45) is 2.39. The lowest BCUT2D eigenvalue weighted by atomic mass is 10.1. The Kier molecular flexibility index (Phi) is 3.12. The van der Waals surface area contributed by atoms with Crippen molar-refractivity contribution in [2.75, 3.05) is 0 Å². The molecule has 1 aromatic heterocycles. The average molecular weight is 224 g/mol. The third kappa shape index (κ3) is 2.40. The molecule has 3 heteroatoms. The van der Waals surface area contributed by atoms with Crippen LogP contribution in [0.2, 0.25) is 0 Å². The van der Waals surface area contributed by atoms with E-state index in [2.05, 4.69) is 20.8 Å². The molecule has 2 N–H and O–H groups in total. The second-order valence-corrected chi connectivity index (χ2v) is 6.16. The Bertz CT molecular complexity index is 343. The number of rotatable bonds is 4. The van der Waals surface area contributed by atoms with Crippen molar-refractivity contribution in [2.24, 2.45) is 17.6 Å². The van der Waals surface area contributed by atoms with Gasteiger partial charge in [0.1, 0.15) is 0 Å². The van der Waals surface area contributed by atoms with Crippen molar-refractivity contribution in [3.05, 3.63) is 15.6 Å². The van der Waals surface area contributed by atoms with Crippen LogP contribution in [0.3, 0.4) is 0 Å². The summed E-state index contributed by atoms with van der Waals surface area (Å²) >= 11 is 1.84. The van der Waals surface area contributed by atoms with Crippen molar-refractivity contribution in [3.63, 3.8) is 0 Å². The minimum atomic E-state index is 0.654. The highest BCUT2D eigenvalue weighted by molar-refractivity contribution is 7.11. The molecule has 2 unspecified atom stereocenters. The van der Waals surface area contributed by atoms with E-state index in [4.69, 9.17) is 10.7 Å². The summed E-state index contributed by atoms with van der Waals surface area (Å²) in [5.41, 5.74) is 7.02. The van der Waals surface area contributed by atoms with E-state index in [0.717, 1.165) is 18.3 Å². The summed E-state index contributed by atoms with van der Waals surface area (Å²) < 4.78 is 0. The third-order valence-corrected chi connectivity index (χ3v) is 4.26. The molecule has 0 saturated heterocycles. The van der Waals surface area contributed by atoms with E-state index in [1.54, 1.807) is 0 Å². The smallest absolute Gasteiger partial charge is 0.0965 e. The molecule has 2 nitrogen and oxygen atoms in total. The minimum Gasteiger partial charge on any atom is -0.326 e. The van der Waals surface area contributed by atoms with Crippen molar-refractivity contribution in [2.45, 2.75) is 46.1 Å². The second kappa shape index (κ2) is 4.22. The van der Waals surface area contributed by atoms with Crippen molar-refractivity contribution >= 4 is 11.3 Å². The summed E-state index contributed by atoms with van der Waals surface area (Å²) in [5.74, 6) is 2.25. The van der Waals surface area contributed by atoms with Crippen LogP contribution in [0.15, 0.2) is 0 Å². The number of nitrogens with zero attached hydrogens (tertiary/aromatic N) is 1. The van der Waals surface area contributed by atoms with Crippen LogP contribution in [0.4, 0.5) is 0 Å². The van der Waals surface area contributed by atoms with Gasteiger partial charge in [0.2, 0.25) is 0 Å². The molecule has 15 heavy (non-hydrogen) atoms. The Hall–Kier alpha value is -0.410. The highest BCUT2D eigenvalue weighted by Gasteiger charge is 2.37.